The highest BCUT2D eigenvalue weighted by Gasteiger charge is 2.39. The largest absolute Gasteiger partial charge is 0.503 e. The number of rotatable bonds is 3. The molecule has 2 aliphatic heterocycles. The van der Waals surface area contributed by atoms with Crippen LogP contribution in [-0.2, 0) is 13.1 Å². The number of aromatic nitrogens is 1. The van der Waals surface area contributed by atoms with E-state index in [-0.39, 0.29) is 28.7 Å². The summed E-state index contributed by atoms with van der Waals surface area (Å²) in [6.45, 7) is 0.609. The Bertz CT molecular complexity index is 1060. The number of halogens is 2. The number of hydrogen-bond donors (Lipinski definition) is 2. The molecular weight excluding hydrogens is 392 g/mol. The van der Waals surface area contributed by atoms with E-state index in [9.17, 15) is 28.3 Å². The minimum absolute atomic E-state index is 0.0465. The summed E-state index contributed by atoms with van der Waals surface area (Å²) in [6.07, 6.45) is 1.24. The monoisotopic (exact) mass is 407 g/mol. The van der Waals surface area contributed by atoms with Gasteiger partial charge in [0.2, 0.25) is 5.43 Å². The quantitative estimate of drug-likeness (QED) is 0.800. The molecule has 2 N–H and O–H groups in total. The average molecular weight is 407 g/mol. The average Bonchev–Trinajstić information content (AvgIpc) is 3.12. The van der Waals surface area contributed by atoms with E-state index in [4.69, 9.17) is 0 Å². The van der Waals surface area contributed by atoms with Crippen LogP contribution in [0.2, 0.25) is 0 Å². The van der Waals surface area contributed by atoms with Gasteiger partial charge >= 0.3 is 0 Å². The number of thioether (sulfide) groups is 1. The van der Waals surface area contributed by atoms with Gasteiger partial charge < -0.3 is 19.9 Å². The third-order valence-corrected chi connectivity index (χ3v) is 5.97. The first kappa shape index (κ1) is 18.5. The number of carbonyl (C=O) groups is 2. The van der Waals surface area contributed by atoms with Crippen molar-refractivity contribution in [3.05, 3.63) is 63.1 Å². The van der Waals surface area contributed by atoms with Crippen LogP contribution in [0, 0.1) is 11.6 Å². The third-order valence-electron chi connectivity index (χ3n) is 4.76. The second-order valence-corrected chi connectivity index (χ2v) is 7.75. The number of benzene rings is 1. The summed E-state index contributed by atoms with van der Waals surface area (Å²) in [5.41, 5.74) is -1.41. The molecule has 1 unspecified atom stereocenters. The second-order valence-electron chi connectivity index (χ2n) is 6.46. The second kappa shape index (κ2) is 6.93. The maximum Gasteiger partial charge on any atom is 0.275 e. The van der Waals surface area contributed by atoms with E-state index in [2.05, 4.69) is 5.32 Å². The van der Waals surface area contributed by atoms with Gasteiger partial charge in [0, 0.05) is 36.7 Å². The smallest absolute Gasteiger partial charge is 0.275 e. The first-order chi connectivity index (χ1) is 13.4. The molecule has 0 aliphatic carbocycles. The summed E-state index contributed by atoms with van der Waals surface area (Å²) in [5.74, 6) is -2.86. The van der Waals surface area contributed by atoms with Gasteiger partial charge in [-0.05, 0) is 6.07 Å². The van der Waals surface area contributed by atoms with E-state index in [1.807, 2.05) is 0 Å². The molecule has 0 spiro atoms. The molecule has 1 aromatic heterocycles. The van der Waals surface area contributed by atoms with Crippen LogP contribution in [0.3, 0.4) is 0 Å². The molecule has 4 rings (SSSR count). The van der Waals surface area contributed by atoms with Gasteiger partial charge in [-0.2, -0.15) is 0 Å². The minimum Gasteiger partial charge on any atom is -0.503 e. The predicted molar refractivity (Wildman–Crippen MR) is 97.2 cm³/mol. The third kappa shape index (κ3) is 3.03. The first-order valence-electron chi connectivity index (χ1n) is 8.48. The normalized spacial score (nSPS) is 18.0. The molecule has 10 heteroatoms. The number of fused-ring (bicyclic) bond motifs is 2. The van der Waals surface area contributed by atoms with E-state index in [1.54, 1.807) is 16.7 Å². The summed E-state index contributed by atoms with van der Waals surface area (Å²) >= 11 is 1.58. The van der Waals surface area contributed by atoms with Gasteiger partial charge in [0.15, 0.2) is 11.4 Å². The van der Waals surface area contributed by atoms with Gasteiger partial charge in [0.05, 0.1) is 11.9 Å². The molecule has 1 aromatic carbocycles. The zero-order valence-electron chi connectivity index (χ0n) is 14.4. The summed E-state index contributed by atoms with van der Waals surface area (Å²) in [7, 11) is 0. The zero-order valence-corrected chi connectivity index (χ0v) is 15.3. The number of carbonyl (C=O) groups excluding carboxylic acids is 2. The Labute approximate surface area is 162 Å². The Hall–Kier alpha value is -2.88. The van der Waals surface area contributed by atoms with Crippen LogP contribution in [0.5, 0.6) is 5.75 Å². The molecule has 1 atom stereocenters. The van der Waals surface area contributed by atoms with Crippen molar-refractivity contribution in [2.24, 2.45) is 0 Å². The van der Waals surface area contributed by atoms with E-state index >= 15 is 0 Å². The molecule has 2 amide bonds. The fourth-order valence-electron chi connectivity index (χ4n) is 3.32. The van der Waals surface area contributed by atoms with Crippen molar-refractivity contribution in [2.45, 2.75) is 18.5 Å². The summed E-state index contributed by atoms with van der Waals surface area (Å²) in [6, 6.07) is 2.94. The molecule has 2 aliphatic rings. The molecule has 1 saturated heterocycles. The Kier molecular flexibility index (Phi) is 4.58. The van der Waals surface area contributed by atoms with Gasteiger partial charge in [-0.1, -0.05) is 6.07 Å². The van der Waals surface area contributed by atoms with Crippen LogP contribution in [0.1, 0.15) is 26.4 Å². The van der Waals surface area contributed by atoms with Crippen LogP contribution in [0.4, 0.5) is 8.78 Å². The van der Waals surface area contributed by atoms with Crippen LogP contribution >= 0.6 is 11.8 Å². The SMILES string of the molecule is O=C(NCc1ccc(F)cc1F)c1cn2c(c(O)c1=O)C(=O)N1CCSC1C2. The maximum absolute atomic E-state index is 13.7. The topological polar surface area (TPSA) is 91.6 Å². The molecule has 3 heterocycles. The van der Waals surface area contributed by atoms with Gasteiger partial charge in [0.25, 0.3) is 11.8 Å². The van der Waals surface area contributed by atoms with E-state index < -0.39 is 34.6 Å². The van der Waals surface area contributed by atoms with E-state index in [0.717, 1.165) is 11.8 Å². The molecule has 7 nitrogen and oxygen atoms in total. The van der Waals surface area contributed by atoms with Crippen LogP contribution in [0.25, 0.3) is 0 Å². The highest BCUT2D eigenvalue weighted by atomic mass is 32.2. The Balaban J connectivity index is 1.62. The van der Waals surface area contributed by atoms with Crippen LogP contribution < -0.4 is 10.7 Å². The number of amides is 2. The van der Waals surface area contributed by atoms with Crippen molar-refractivity contribution < 1.29 is 23.5 Å². The van der Waals surface area contributed by atoms with Crippen LogP contribution in [-0.4, -0.2) is 44.1 Å². The Morgan fingerprint density at radius 2 is 2.11 bits per heavy atom. The molecule has 0 radical (unpaired) electrons. The number of nitrogens with zero attached hydrogens (tertiary/aromatic N) is 2. The summed E-state index contributed by atoms with van der Waals surface area (Å²) < 4.78 is 28.1. The lowest BCUT2D eigenvalue weighted by Crippen LogP contribution is -2.45. The number of pyridine rings is 1. The molecular formula is C18H15F2N3O4S. The molecule has 146 valence electrons. The lowest BCUT2D eigenvalue weighted by molar-refractivity contribution is 0.0696. The van der Waals surface area contributed by atoms with E-state index in [1.165, 1.54) is 16.8 Å². The fraction of sp³-hybridized carbons (Fsp3) is 0.278. The predicted octanol–water partition coefficient (Wildman–Crippen LogP) is 1.29. The summed E-state index contributed by atoms with van der Waals surface area (Å²) in [4.78, 5) is 39.0. The van der Waals surface area contributed by atoms with Gasteiger partial charge in [0.1, 0.15) is 17.2 Å². The Morgan fingerprint density at radius 3 is 2.86 bits per heavy atom. The van der Waals surface area contributed by atoms with Gasteiger partial charge in [-0.15, -0.1) is 11.8 Å². The summed E-state index contributed by atoms with van der Waals surface area (Å²) in [5, 5.41) is 12.5. The number of hydrogen-bond acceptors (Lipinski definition) is 5. The van der Waals surface area contributed by atoms with Crippen molar-refractivity contribution in [1.29, 1.82) is 0 Å². The van der Waals surface area contributed by atoms with Crippen molar-refractivity contribution in [2.75, 3.05) is 12.3 Å². The lowest BCUT2D eigenvalue weighted by Gasteiger charge is -2.32. The zero-order chi connectivity index (χ0) is 20.0. The van der Waals surface area contributed by atoms with Crippen molar-refractivity contribution in [1.82, 2.24) is 14.8 Å². The fourth-order valence-corrected chi connectivity index (χ4v) is 4.55. The van der Waals surface area contributed by atoms with Crippen molar-refractivity contribution in [3.8, 4) is 5.75 Å². The van der Waals surface area contributed by atoms with Crippen molar-refractivity contribution in [3.63, 3.8) is 0 Å². The molecule has 2 aromatic rings. The highest BCUT2D eigenvalue weighted by molar-refractivity contribution is 8.00. The maximum atomic E-state index is 13.7. The number of nitrogens with one attached hydrogen (secondary N) is 1. The van der Waals surface area contributed by atoms with Gasteiger partial charge in [-0.3, -0.25) is 14.4 Å². The van der Waals surface area contributed by atoms with E-state index in [0.29, 0.717) is 19.2 Å². The molecule has 28 heavy (non-hydrogen) atoms. The van der Waals surface area contributed by atoms with Gasteiger partial charge in [-0.25, -0.2) is 8.78 Å². The molecule has 0 saturated carbocycles. The first-order valence-corrected chi connectivity index (χ1v) is 9.53. The standard InChI is InChI=1S/C18H15F2N3O4S/c19-10-2-1-9(12(20)5-10)6-21-17(26)11-7-22-8-13-23(3-4-28-13)18(27)14(22)16(25)15(11)24/h1-2,5,7,13,25H,3-4,6,8H2,(H,21,26). The lowest BCUT2D eigenvalue weighted by atomic mass is 10.1. The molecule has 1 fully saturated rings. The minimum atomic E-state index is -0.970. The van der Waals surface area contributed by atoms with Crippen LogP contribution in [0.15, 0.2) is 29.2 Å². The molecule has 0 bridgehead atoms. The number of aromatic hydroxyl groups is 1. The van der Waals surface area contributed by atoms with Crippen molar-refractivity contribution >= 4 is 23.6 Å². The highest BCUT2D eigenvalue weighted by Crippen LogP contribution is 2.32. The Morgan fingerprint density at radius 1 is 1.32 bits per heavy atom.